The van der Waals surface area contributed by atoms with E-state index >= 15 is 0 Å². The third-order valence-electron chi connectivity index (χ3n) is 3.27. The minimum absolute atomic E-state index is 0.410. The number of ether oxygens (including phenoxy) is 1. The molecule has 1 atom stereocenters. The Balaban J connectivity index is 2.16. The molecule has 2 amide bonds. The molecule has 6 nitrogen and oxygen atoms in total. The second-order valence-corrected chi connectivity index (χ2v) is 5.91. The van der Waals surface area contributed by atoms with Crippen molar-refractivity contribution in [1.29, 1.82) is 0 Å². The van der Waals surface area contributed by atoms with Crippen LogP contribution in [0, 0.1) is 6.92 Å². The number of amides is 2. The van der Waals surface area contributed by atoms with Gasteiger partial charge < -0.3 is 20.1 Å². The van der Waals surface area contributed by atoms with Crippen molar-refractivity contribution in [2.75, 3.05) is 30.5 Å². The number of urea groups is 1. The molecule has 0 spiro atoms. The van der Waals surface area contributed by atoms with E-state index in [-0.39, 0.29) is 0 Å². The van der Waals surface area contributed by atoms with Gasteiger partial charge in [0.25, 0.3) is 0 Å². The largest absolute Gasteiger partial charge is 0.495 e. The van der Waals surface area contributed by atoms with Crippen LogP contribution in [0.15, 0.2) is 18.2 Å². The lowest BCUT2D eigenvalue weighted by Crippen LogP contribution is -2.51. The molecule has 0 radical (unpaired) electrons. The van der Waals surface area contributed by atoms with Crippen molar-refractivity contribution in [2.24, 2.45) is 0 Å². The number of thioether (sulfide) groups is 1. The lowest BCUT2D eigenvalue weighted by molar-refractivity contribution is -0.141. The van der Waals surface area contributed by atoms with Gasteiger partial charge in [0.05, 0.1) is 12.8 Å². The number of carboxylic acids is 1. The highest BCUT2D eigenvalue weighted by Crippen LogP contribution is 2.26. The van der Waals surface area contributed by atoms with Gasteiger partial charge in [0.2, 0.25) is 0 Å². The van der Waals surface area contributed by atoms with Gasteiger partial charge in [0.15, 0.2) is 0 Å². The van der Waals surface area contributed by atoms with Crippen molar-refractivity contribution in [2.45, 2.75) is 13.0 Å². The smallest absolute Gasteiger partial charge is 0.327 e. The molecule has 2 rings (SSSR count). The number of rotatable bonds is 3. The Hall–Kier alpha value is -1.89. The third kappa shape index (κ3) is 3.60. The van der Waals surface area contributed by atoms with E-state index < -0.39 is 18.0 Å². The van der Waals surface area contributed by atoms with Crippen LogP contribution in [0.5, 0.6) is 5.75 Å². The van der Waals surface area contributed by atoms with E-state index in [1.807, 2.05) is 13.0 Å². The van der Waals surface area contributed by atoms with Gasteiger partial charge in [-0.1, -0.05) is 6.07 Å². The molecule has 2 N–H and O–H groups in total. The Bertz CT molecular complexity index is 550. The Morgan fingerprint density at radius 2 is 2.24 bits per heavy atom. The summed E-state index contributed by atoms with van der Waals surface area (Å²) < 4.78 is 5.21. The SMILES string of the molecule is COc1ccc(C)cc1NC(=O)N1CCSCC1C(=O)O. The number of hydrogen-bond acceptors (Lipinski definition) is 4. The lowest BCUT2D eigenvalue weighted by Gasteiger charge is -2.32. The fourth-order valence-corrected chi connectivity index (χ4v) is 3.20. The standard InChI is InChI=1S/C14H18N2O4S/c1-9-3-4-12(20-2)10(7-9)15-14(19)16-5-6-21-8-11(16)13(17)18/h3-4,7,11H,5-6,8H2,1-2H3,(H,15,19)(H,17,18). The highest BCUT2D eigenvalue weighted by atomic mass is 32.2. The van der Waals surface area contributed by atoms with E-state index in [9.17, 15) is 14.7 Å². The van der Waals surface area contributed by atoms with E-state index in [4.69, 9.17) is 4.74 Å². The first kappa shape index (κ1) is 15.5. The molecule has 21 heavy (non-hydrogen) atoms. The fourth-order valence-electron chi connectivity index (χ4n) is 2.16. The molecule has 1 aromatic carbocycles. The van der Waals surface area contributed by atoms with Crippen LogP contribution >= 0.6 is 11.8 Å². The summed E-state index contributed by atoms with van der Waals surface area (Å²) in [6.45, 7) is 2.33. The molecule has 7 heteroatoms. The zero-order valence-electron chi connectivity index (χ0n) is 12.0. The van der Waals surface area contributed by atoms with E-state index in [1.165, 1.54) is 12.0 Å². The van der Waals surface area contributed by atoms with Crippen molar-refractivity contribution in [3.8, 4) is 5.75 Å². The first-order valence-electron chi connectivity index (χ1n) is 6.55. The average molecular weight is 310 g/mol. The van der Waals surface area contributed by atoms with Gasteiger partial charge in [-0.2, -0.15) is 11.8 Å². The van der Waals surface area contributed by atoms with Gasteiger partial charge in [-0.25, -0.2) is 9.59 Å². The van der Waals surface area contributed by atoms with Crippen LogP contribution in [0.3, 0.4) is 0 Å². The molecule has 1 heterocycles. The van der Waals surface area contributed by atoms with Crippen LogP contribution in [0.1, 0.15) is 5.56 Å². The summed E-state index contributed by atoms with van der Waals surface area (Å²) in [6.07, 6.45) is 0. The number of anilines is 1. The number of nitrogens with one attached hydrogen (secondary N) is 1. The summed E-state index contributed by atoms with van der Waals surface area (Å²) in [5.41, 5.74) is 1.53. The number of carboxylic acid groups (broad SMARTS) is 1. The Morgan fingerprint density at radius 3 is 2.90 bits per heavy atom. The maximum atomic E-state index is 12.3. The molecule has 114 valence electrons. The maximum absolute atomic E-state index is 12.3. The van der Waals surface area contributed by atoms with Crippen LogP contribution in [0.4, 0.5) is 10.5 Å². The predicted octanol–water partition coefficient (Wildman–Crippen LogP) is 2.04. The second kappa shape index (κ2) is 6.71. The number of benzene rings is 1. The monoisotopic (exact) mass is 310 g/mol. The Morgan fingerprint density at radius 1 is 1.48 bits per heavy atom. The van der Waals surface area contributed by atoms with E-state index in [0.717, 1.165) is 11.3 Å². The maximum Gasteiger partial charge on any atom is 0.327 e. The molecule has 0 aliphatic carbocycles. The van der Waals surface area contributed by atoms with Crippen LogP contribution in [0.25, 0.3) is 0 Å². The summed E-state index contributed by atoms with van der Waals surface area (Å²) in [4.78, 5) is 24.9. The van der Waals surface area contributed by atoms with Crippen molar-refractivity contribution < 1.29 is 19.4 Å². The summed E-state index contributed by atoms with van der Waals surface area (Å²) in [7, 11) is 1.53. The first-order valence-corrected chi connectivity index (χ1v) is 7.71. The van der Waals surface area contributed by atoms with Crippen LogP contribution in [-0.2, 0) is 4.79 Å². The molecular formula is C14H18N2O4S. The van der Waals surface area contributed by atoms with Gasteiger partial charge in [0, 0.05) is 18.1 Å². The minimum atomic E-state index is -0.978. The van der Waals surface area contributed by atoms with Crippen molar-refractivity contribution in [1.82, 2.24) is 4.90 Å². The molecule has 1 aliphatic heterocycles. The third-order valence-corrected chi connectivity index (χ3v) is 4.29. The molecule has 0 bridgehead atoms. The topological polar surface area (TPSA) is 78.9 Å². The summed E-state index contributed by atoms with van der Waals surface area (Å²) in [6, 6.07) is 4.24. The van der Waals surface area contributed by atoms with Gasteiger partial charge >= 0.3 is 12.0 Å². The predicted molar refractivity (Wildman–Crippen MR) is 82.2 cm³/mol. The van der Waals surface area contributed by atoms with Gasteiger partial charge in [-0.15, -0.1) is 0 Å². The van der Waals surface area contributed by atoms with E-state index in [0.29, 0.717) is 23.7 Å². The molecule has 1 unspecified atom stereocenters. The zero-order valence-corrected chi connectivity index (χ0v) is 12.8. The van der Waals surface area contributed by atoms with Crippen LogP contribution in [0.2, 0.25) is 0 Å². The quantitative estimate of drug-likeness (QED) is 0.893. The summed E-state index contributed by atoms with van der Waals surface area (Å²) >= 11 is 1.54. The number of methoxy groups -OCH3 is 1. The van der Waals surface area contributed by atoms with Crippen molar-refractivity contribution >= 4 is 29.4 Å². The molecule has 0 saturated carbocycles. The second-order valence-electron chi connectivity index (χ2n) is 4.76. The lowest BCUT2D eigenvalue weighted by atomic mass is 10.2. The van der Waals surface area contributed by atoms with Crippen LogP contribution < -0.4 is 10.1 Å². The molecule has 1 saturated heterocycles. The highest BCUT2D eigenvalue weighted by molar-refractivity contribution is 7.99. The van der Waals surface area contributed by atoms with Gasteiger partial charge in [0.1, 0.15) is 11.8 Å². The molecule has 1 aliphatic rings. The number of carbonyl (C=O) groups excluding carboxylic acids is 1. The minimum Gasteiger partial charge on any atom is -0.495 e. The van der Waals surface area contributed by atoms with Crippen molar-refractivity contribution in [3.05, 3.63) is 23.8 Å². The number of nitrogens with zero attached hydrogens (tertiary/aromatic N) is 1. The normalized spacial score (nSPS) is 18.2. The van der Waals surface area contributed by atoms with E-state index in [2.05, 4.69) is 5.32 Å². The number of aryl methyl sites for hydroxylation is 1. The zero-order chi connectivity index (χ0) is 15.4. The van der Waals surface area contributed by atoms with Crippen LogP contribution in [-0.4, -0.2) is 53.2 Å². The highest BCUT2D eigenvalue weighted by Gasteiger charge is 2.32. The van der Waals surface area contributed by atoms with Gasteiger partial charge in [-0.05, 0) is 24.6 Å². The number of aliphatic carboxylic acids is 1. The fraction of sp³-hybridized carbons (Fsp3) is 0.429. The summed E-state index contributed by atoms with van der Waals surface area (Å²) in [5, 5.41) is 12.0. The molecular weight excluding hydrogens is 292 g/mol. The summed E-state index contributed by atoms with van der Waals surface area (Å²) in [5.74, 6) is 0.719. The van der Waals surface area contributed by atoms with Gasteiger partial charge in [-0.3, -0.25) is 0 Å². The molecule has 1 aromatic rings. The van der Waals surface area contributed by atoms with E-state index in [1.54, 1.807) is 23.9 Å². The number of hydrogen-bond donors (Lipinski definition) is 2. The first-order chi connectivity index (χ1) is 10.0. The Labute approximate surface area is 127 Å². The average Bonchev–Trinajstić information content (AvgIpc) is 2.47. The molecule has 0 aromatic heterocycles. The molecule has 1 fully saturated rings. The number of carbonyl (C=O) groups is 2. The van der Waals surface area contributed by atoms with Crippen molar-refractivity contribution in [3.63, 3.8) is 0 Å². The Kier molecular flexibility index (Phi) is 4.95.